The van der Waals surface area contributed by atoms with E-state index >= 15 is 0 Å². The molecule has 2 aromatic rings. The molecule has 1 amide bonds. The standard InChI is InChI=1S/C17H10ClF6N3O4/c1-30-14(28)13(12-11(18)6-9(7-25-12)17(22,23)24)27-31-15(29)26-10-4-2-3-8(5-10)16(19,20)21/h2-7H,1H3,(H,26,29). The number of nitrogens with one attached hydrogen (secondary N) is 1. The number of carbonyl (C=O) groups is 2. The first kappa shape index (κ1) is 23.9. The molecule has 1 heterocycles. The van der Waals surface area contributed by atoms with Crippen molar-refractivity contribution in [1.82, 2.24) is 4.98 Å². The molecule has 0 saturated heterocycles. The number of anilines is 1. The van der Waals surface area contributed by atoms with Gasteiger partial charge in [0.15, 0.2) is 0 Å². The minimum absolute atomic E-state index is 0.305. The van der Waals surface area contributed by atoms with Gasteiger partial charge in [0, 0.05) is 11.9 Å². The zero-order valence-electron chi connectivity index (χ0n) is 15.1. The number of ether oxygens (including phenoxy) is 1. The molecule has 0 aliphatic heterocycles. The topological polar surface area (TPSA) is 89.9 Å². The van der Waals surface area contributed by atoms with Crippen LogP contribution in [0.5, 0.6) is 0 Å². The third-order valence-corrected chi connectivity index (χ3v) is 3.72. The summed E-state index contributed by atoms with van der Waals surface area (Å²) in [4.78, 5) is 31.5. The smallest absolute Gasteiger partial charge is 0.437 e. The van der Waals surface area contributed by atoms with Crippen LogP contribution in [0.4, 0.5) is 36.8 Å². The molecule has 0 atom stereocenters. The van der Waals surface area contributed by atoms with Crippen molar-refractivity contribution in [2.45, 2.75) is 12.4 Å². The number of rotatable bonds is 4. The van der Waals surface area contributed by atoms with Gasteiger partial charge in [0.05, 0.1) is 23.3 Å². The molecule has 0 fully saturated rings. The van der Waals surface area contributed by atoms with Crippen molar-refractivity contribution >= 4 is 35.1 Å². The third-order valence-electron chi connectivity index (χ3n) is 3.43. The van der Waals surface area contributed by atoms with Crippen molar-refractivity contribution in [3.8, 4) is 0 Å². The van der Waals surface area contributed by atoms with Crippen LogP contribution >= 0.6 is 11.6 Å². The van der Waals surface area contributed by atoms with Crippen LogP contribution < -0.4 is 5.32 Å². The van der Waals surface area contributed by atoms with E-state index in [9.17, 15) is 35.9 Å². The molecule has 0 unspecified atom stereocenters. The Morgan fingerprint density at radius 2 is 1.71 bits per heavy atom. The Balaban J connectivity index is 2.26. The highest BCUT2D eigenvalue weighted by molar-refractivity contribution is 6.46. The van der Waals surface area contributed by atoms with E-state index in [0.29, 0.717) is 18.3 Å². The lowest BCUT2D eigenvalue weighted by atomic mass is 10.2. The van der Waals surface area contributed by atoms with E-state index in [2.05, 4.69) is 19.7 Å². The van der Waals surface area contributed by atoms with E-state index in [-0.39, 0.29) is 5.69 Å². The second-order valence-corrected chi connectivity index (χ2v) is 5.97. The summed E-state index contributed by atoms with van der Waals surface area (Å²) >= 11 is 5.72. The minimum atomic E-state index is -4.76. The lowest BCUT2D eigenvalue weighted by Crippen LogP contribution is -2.22. The van der Waals surface area contributed by atoms with Crippen molar-refractivity contribution in [2.75, 3.05) is 12.4 Å². The van der Waals surface area contributed by atoms with Gasteiger partial charge >= 0.3 is 24.4 Å². The molecule has 7 nitrogen and oxygen atoms in total. The first-order chi connectivity index (χ1) is 14.3. The van der Waals surface area contributed by atoms with E-state index in [1.165, 1.54) is 0 Å². The highest BCUT2D eigenvalue weighted by Gasteiger charge is 2.33. The number of benzene rings is 1. The summed E-state index contributed by atoms with van der Waals surface area (Å²) in [6.07, 6.45) is -10.5. The lowest BCUT2D eigenvalue weighted by Gasteiger charge is -2.10. The molecule has 2 rings (SSSR count). The number of hydrogen-bond acceptors (Lipinski definition) is 6. The van der Waals surface area contributed by atoms with Gasteiger partial charge in [-0.15, -0.1) is 0 Å². The SMILES string of the molecule is COC(=O)C(=NOC(=O)Nc1cccc(C(F)(F)F)c1)c1ncc(C(F)(F)F)cc1Cl. The van der Waals surface area contributed by atoms with Crippen LogP contribution in [0.25, 0.3) is 0 Å². The molecule has 0 spiro atoms. The molecule has 0 radical (unpaired) electrons. The van der Waals surface area contributed by atoms with Crippen LogP contribution in [0.15, 0.2) is 41.7 Å². The first-order valence-corrected chi connectivity index (χ1v) is 8.25. The van der Waals surface area contributed by atoms with Crippen LogP contribution in [-0.4, -0.2) is 29.9 Å². The Morgan fingerprint density at radius 1 is 1.06 bits per heavy atom. The van der Waals surface area contributed by atoms with Gasteiger partial charge in [0.2, 0.25) is 5.71 Å². The largest absolute Gasteiger partial charge is 0.464 e. The van der Waals surface area contributed by atoms with Gasteiger partial charge in [0.1, 0.15) is 5.69 Å². The van der Waals surface area contributed by atoms with Crippen LogP contribution in [0.3, 0.4) is 0 Å². The molecule has 31 heavy (non-hydrogen) atoms. The summed E-state index contributed by atoms with van der Waals surface area (Å²) in [7, 11) is 0.901. The Bertz CT molecular complexity index is 1020. The predicted octanol–water partition coefficient (Wildman–Crippen LogP) is 4.90. The van der Waals surface area contributed by atoms with Gasteiger partial charge in [-0.05, 0) is 24.3 Å². The molecule has 0 bridgehead atoms. The maximum atomic E-state index is 12.7. The summed E-state index contributed by atoms with van der Waals surface area (Å²) in [6.45, 7) is 0. The lowest BCUT2D eigenvalue weighted by molar-refractivity contribution is -0.138. The van der Waals surface area contributed by atoms with Gasteiger partial charge in [-0.3, -0.25) is 15.1 Å². The molecular weight excluding hydrogens is 460 g/mol. The molecule has 0 saturated carbocycles. The zero-order valence-corrected chi connectivity index (χ0v) is 15.9. The fraction of sp³-hybridized carbons (Fsp3) is 0.176. The van der Waals surface area contributed by atoms with Crippen LogP contribution in [0.2, 0.25) is 5.02 Å². The number of nitrogens with zero attached hydrogens (tertiary/aromatic N) is 2. The second-order valence-electron chi connectivity index (χ2n) is 5.57. The van der Waals surface area contributed by atoms with Gasteiger partial charge in [0.25, 0.3) is 0 Å². The average Bonchev–Trinajstić information content (AvgIpc) is 2.67. The number of halogens is 7. The number of hydrogen-bond donors (Lipinski definition) is 1. The van der Waals surface area contributed by atoms with E-state index < -0.39 is 52.0 Å². The fourth-order valence-electron chi connectivity index (χ4n) is 2.04. The summed E-state index contributed by atoms with van der Waals surface area (Å²) in [5, 5.41) is 4.45. The normalized spacial score (nSPS) is 12.3. The number of esters is 1. The summed E-state index contributed by atoms with van der Waals surface area (Å²) < 4.78 is 80.7. The number of carbonyl (C=O) groups excluding carboxylic acids is 2. The third kappa shape index (κ3) is 6.31. The van der Waals surface area contributed by atoms with Crippen molar-refractivity contribution in [3.63, 3.8) is 0 Å². The molecule has 14 heteroatoms. The number of amides is 1. The number of oxime groups is 1. The van der Waals surface area contributed by atoms with E-state index in [1.54, 1.807) is 0 Å². The fourth-order valence-corrected chi connectivity index (χ4v) is 2.30. The van der Waals surface area contributed by atoms with Crippen LogP contribution in [0, 0.1) is 0 Å². The van der Waals surface area contributed by atoms with Crippen molar-refractivity contribution < 1.29 is 45.5 Å². The number of methoxy groups -OCH3 is 1. The minimum Gasteiger partial charge on any atom is -0.464 e. The van der Waals surface area contributed by atoms with E-state index in [1.807, 2.05) is 5.32 Å². The molecule has 0 aliphatic rings. The maximum Gasteiger partial charge on any atom is 0.437 e. The maximum absolute atomic E-state index is 12.7. The van der Waals surface area contributed by atoms with E-state index in [0.717, 1.165) is 25.3 Å². The predicted molar refractivity (Wildman–Crippen MR) is 94.3 cm³/mol. The molecule has 1 aromatic carbocycles. The van der Waals surface area contributed by atoms with Gasteiger partial charge in [-0.25, -0.2) is 9.59 Å². The number of alkyl halides is 6. The van der Waals surface area contributed by atoms with Crippen molar-refractivity contribution in [1.29, 1.82) is 0 Å². The molecule has 0 aliphatic carbocycles. The average molecular weight is 470 g/mol. The van der Waals surface area contributed by atoms with Crippen LogP contribution in [-0.2, 0) is 26.7 Å². The molecule has 1 aromatic heterocycles. The Labute approximate surface area is 174 Å². The van der Waals surface area contributed by atoms with Crippen molar-refractivity contribution in [2.24, 2.45) is 5.16 Å². The Morgan fingerprint density at radius 3 is 2.26 bits per heavy atom. The monoisotopic (exact) mass is 469 g/mol. The summed E-state index contributed by atoms with van der Waals surface area (Å²) in [6, 6.07) is 3.98. The Hall–Kier alpha value is -3.35. The van der Waals surface area contributed by atoms with E-state index in [4.69, 9.17) is 11.6 Å². The second kappa shape index (κ2) is 9.20. The van der Waals surface area contributed by atoms with Crippen molar-refractivity contribution in [3.05, 3.63) is 58.4 Å². The summed E-state index contributed by atoms with van der Waals surface area (Å²) in [5.74, 6) is -1.26. The first-order valence-electron chi connectivity index (χ1n) is 7.87. The molecule has 1 N–H and O–H groups in total. The Kier molecular flexibility index (Phi) is 7.10. The molecule has 166 valence electrons. The van der Waals surface area contributed by atoms with Gasteiger partial charge in [-0.2, -0.15) is 26.3 Å². The zero-order chi connectivity index (χ0) is 23.4. The van der Waals surface area contributed by atoms with Gasteiger partial charge < -0.3 is 4.74 Å². The highest BCUT2D eigenvalue weighted by atomic mass is 35.5. The highest BCUT2D eigenvalue weighted by Crippen LogP contribution is 2.32. The summed E-state index contributed by atoms with van der Waals surface area (Å²) in [5.41, 5.74) is -4.02. The number of pyridine rings is 1. The van der Waals surface area contributed by atoms with Crippen LogP contribution in [0.1, 0.15) is 16.8 Å². The number of aromatic nitrogens is 1. The van der Waals surface area contributed by atoms with Gasteiger partial charge in [-0.1, -0.05) is 22.8 Å². The quantitative estimate of drug-likeness (QED) is 0.226. The molecular formula is C17H10ClF6N3O4.